The maximum Gasteiger partial charge on any atom is 0.122 e. The Bertz CT molecular complexity index is 417. The molecular weight excluding hydrogens is 210 g/mol. The van der Waals surface area contributed by atoms with Crippen LogP contribution in [0, 0.1) is 6.92 Å². The molecule has 78 valence electrons. The van der Waals surface area contributed by atoms with Gasteiger partial charge >= 0.3 is 0 Å². The van der Waals surface area contributed by atoms with Crippen molar-refractivity contribution >= 4 is 17.3 Å². The molecule has 2 nitrogen and oxygen atoms in total. The van der Waals surface area contributed by atoms with Gasteiger partial charge in [-0.2, -0.15) is 0 Å². The molecule has 0 radical (unpaired) electrons. The standard InChI is InChI=1S/C12H12ClNO/c1-9-4-2-6-11(13)12(9)14-8-10-5-3-7-15-10/h2-7,14H,8H2,1H3. The molecule has 0 aliphatic carbocycles. The SMILES string of the molecule is Cc1cccc(Cl)c1NCc1ccco1. The fraction of sp³-hybridized carbons (Fsp3) is 0.167. The van der Waals surface area contributed by atoms with Crippen molar-refractivity contribution < 1.29 is 4.42 Å². The maximum atomic E-state index is 6.08. The summed E-state index contributed by atoms with van der Waals surface area (Å²) in [5, 5.41) is 4.00. The highest BCUT2D eigenvalue weighted by atomic mass is 35.5. The van der Waals surface area contributed by atoms with E-state index in [0.29, 0.717) is 6.54 Å². The Balaban J connectivity index is 2.11. The Kier molecular flexibility index (Phi) is 2.97. The van der Waals surface area contributed by atoms with Gasteiger partial charge in [0.05, 0.1) is 23.5 Å². The smallest absolute Gasteiger partial charge is 0.122 e. The maximum absolute atomic E-state index is 6.08. The second-order valence-corrected chi connectivity index (χ2v) is 3.77. The van der Waals surface area contributed by atoms with Gasteiger partial charge in [-0.05, 0) is 30.7 Å². The monoisotopic (exact) mass is 221 g/mol. The van der Waals surface area contributed by atoms with E-state index in [-0.39, 0.29) is 0 Å². The molecule has 1 aromatic carbocycles. The lowest BCUT2D eigenvalue weighted by molar-refractivity contribution is 0.518. The van der Waals surface area contributed by atoms with Gasteiger partial charge in [0.1, 0.15) is 5.76 Å². The molecule has 0 bridgehead atoms. The van der Waals surface area contributed by atoms with Crippen LogP contribution >= 0.6 is 11.6 Å². The number of benzene rings is 1. The van der Waals surface area contributed by atoms with E-state index in [0.717, 1.165) is 22.0 Å². The van der Waals surface area contributed by atoms with Gasteiger partial charge in [-0.1, -0.05) is 23.7 Å². The Labute approximate surface area is 93.9 Å². The summed E-state index contributed by atoms with van der Waals surface area (Å²) in [6, 6.07) is 9.64. The molecule has 15 heavy (non-hydrogen) atoms. The van der Waals surface area contributed by atoms with Crippen LogP contribution in [0.25, 0.3) is 0 Å². The average Bonchev–Trinajstić information content (AvgIpc) is 2.70. The number of furan rings is 1. The van der Waals surface area contributed by atoms with E-state index >= 15 is 0 Å². The van der Waals surface area contributed by atoms with Gasteiger partial charge in [-0.25, -0.2) is 0 Å². The van der Waals surface area contributed by atoms with Crippen LogP contribution in [-0.2, 0) is 6.54 Å². The number of hydrogen-bond acceptors (Lipinski definition) is 2. The number of halogens is 1. The molecule has 0 unspecified atom stereocenters. The van der Waals surface area contributed by atoms with Crippen molar-refractivity contribution in [2.75, 3.05) is 5.32 Å². The van der Waals surface area contributed by atoms with Crippen LogP contribution in [-0.4, -0.2) is 0 Å². The van der Waals surface area contributed by atoms with E-state index in [1.54, 1.807) is 6.26 Å². The van der Waals surface area contributed by atoms with E-state index in [9.17, 15) is 0 Å². The molecule has 0 spiro atoms. The molecular formula is C12H12ClNO. The van der Waals surface area contributed by atoms with Crippen LogP contribution in [0.5, 0.6) is 0 Å². The van der Waals surface area contributed by atoms with Gasteiger partial charge < -0.3 is 9.73 Å². The molecule has 0 saturated carbocycles. The average molecular weight is 222 g/mol. The van der Waals surface area contributed by atoms with Gasteiger partial charge in [0.2, 0.25) is 0 Å². The molecule has 0 atom stereocenters. The van der Waals surface area contributed by atoms with Gasteiger partial charge in [0.15, 0.2) is 0 Å². The quantitative estimate of drug-likeness (QED) is 0.852. The van der Waals surface area contributed by atoms with Gasteiger partial charge in [0.25, 0.3) is 0 Å². The van der Waals surface area contributed by atoms with Crippen LogP contribution in [0.3, 0.4) is 0 Å². The fourth-order valence-electron chi connectivity index (χ4n) is 1.44. The number of rotatable bonds is 3. The van der Waals surface area contributed by atoms with Crippen LogP contribution in [0.1, 0.15) is 11.3 Å². The van der Waals surface area contributed by atoms with Crippen LogP contribution < -0.4 is 5.32 Å². The second kappa shape index (κ2) is 4.41. The Morgan fingerprint density at radius 2 is 2.13 bits per heavy atom. The first kappa shape index (κ1) is 10.1. The first-order valence-corrected chi connectivity index (χ1v) is 5.16. The number of aryl methyl sites for hydroxylation is 1. The summed E-state index contributed by atoms with van der Waals surface area (Å²) in [7, 11) is 0. The molecule has 1 aromatic heterocycles. The predicted octanol–water partition coefficient (Wildman–Crippen LogP) is 3.85. The first-order chi connectivity index (χ1) is 7.27. The van der Waals surface area contributed by atoms with Crippen molar-refractivity contribution in [3.8, 4) is 0 Å². The second-order valence-electron chi connectivity index (χ2n) is 3.36. The van der Waals surface area contributed by atoms with Crippen molar-refractivity contribution in [3.63, 3.8) is 0 Å². The Morgan fingerprint density at radius 1 is 1.27 bits per heavy atom. The molecule has 0 aliphatic heterocycles. The third kappa shape index (κ3) is 2.34. The lowest BCUT2D eigenvalue weighted by Crippen LogP contribution is -2.00. The minimum Gasteiger partial charge on any atom is -0.467 e. The zero-order valence-electron chi connectivity index (χ0n) is 8.46. The summed E-state index contributed by atoms with van der Waals surface area (Å²) >= 11 is 6.08. The van der Waals surface area contributed by atoms with Crippen molar-refractivity contribution in [2.45, 2.75) is 13.5 Å². The van der Waals surface area contributed by atoms with Crippen LogP contribution in [0.15, 0.2) is 41.0 Å². The van der Waals surface area contributed by atoms with Crippen molar-refractivity contribution in [2.24, 2.45) is 0 Å². The minimum absolute atomic E-state index is 0.650. The lowest BCUT2D eigenvalue weighted by Gasteiger charge is -2.09. The van der Waals surface area contributed by atoms with E-state index in [2.05, 4.69) is 5.32 Å². The molecule has 2 aromatic rings. The summed E-state index contributed by atoms with van der Waals surface area (Å²) in [5.41, 5.74) is 2.10. The van der Waals surface area contributed by atoms with Crippen molar-refractivity contribution in [1.82, 2.24) is 0 Å². The fourth-order valence-corrected chi connectivity index (χ4v) is 1.73. The number of para-hydroxylation sites is 1. The minimum atomic E-state index is 0.650. The van der Waals surface area contributed by atoms with Crippen molar-refractivity contribution in [3.05, 3.63) is 52.9 Å². The highest BCUT2D eigenvalue weighted by molar-refractivity contribution is 6.33. The number of hydrogen-bond donors (Lipinski definition) is 1. The molecule has 1 heterocycles. The summed E-state index contributed by atoms with van der Waals surface area (Å²) in [4.78, 5) is 0. The zero-order chi connectivity index (χ0) is 10.7. The molecule has 3 heteroatoms. The highest BCUT2D eigenvalue weighted by Crippen LogP contribution is 2.25. The van der Waals surface area contributed by atoms with Crippen LogP contribution in [0.4, 0.5) is 5.69 Å². The molecule has 0 saturated heterocycles. The summed E-state index contributed by atoms with van der Waals surface area (Å²) in [6.45, 7) is 2.67. The van der Waals surface area contributed by atoms with E-state index in [1.165, 1.54) is 0 Å². The summed E-state index contributed by atoms with van der Waals surface area (Å²) in [5.74, 6) is 0.898. The Hall–Kier alpha value is -1.41. The molecule has 0 fully saturated rings. The largest absolute Gasteiger partial charge is 0.467 e. The molecule has 0 aliphatic rings. The van der Waals surface area contributed by atoms with Gasteiger partial charge in [0, 0.05) is 0 Å². The topological polar surface area (TPSA) is 25.2 Å². The Morgan fingerprint density at radius 3 is 2.80 bits per heavy atom. The summed E-state index contributed by atoms with van der Waals surface area (Å²) < 4.78 is 5.23. The predicted molar refractivity (Wildman–Crippen MR) is 62.2 cm³/mol. The zero-order valence-corrected chi connectivity index (χ0v) is 9.21. The van der Waals surface area contributed by atoms with E-state index < -0.39 is 0 Å². The van der Waals surface area contributed by atoms with E-state index in [1.807, 2.05) is 37.3 Å². The molecule has 0 amide bonds. The normalized spacial score (nSPS) is 10.3. The summed E-state index contributed by atoms with van der Waals surface area (Å²) in [6.07, 6.45) is 1.66. The van der Waals surface area contributed by atoms with Crippen LogP contribution in [0.2, 0.25) is 5.02 Å². The molecule has 2 rings (SSSR count). The number of anilines is 1. The number of nitrogens with one attached hydrogen (secondary N) is 1. The highest BCUT2D eigenvalue weighted by Gasteiger charge is 2.03. The van der Waals surface area contributed by atoms with Gasteiger partial charge in [-0.3, -0.25) is 0 Å². The van der Waals surface area contributed by atoms with E-state index in [4.69, 9.17) is 16.0 Å². The van der Waals surface area contributed by atoms with Gasteiger partial charge in [-0.15, -0.1) is 0 Å². The van der Waals surface area contributed by atoms with Crippen molar-refractivity contribution in [1.29, 1.82) is 0 Å². The lowest BCUT2D eigenvalue weighted by atomic mass is 10.2. The third-order valence-electron chi connectivity index (χ3n) is 2.24. The third-order valence-corrected chi connectivity index (χ3v) is 2.56. The molecule has 1 N–H and O–H groups in total. The first-order valence-electron chi connectivity index (χ1n) is 4.79.